The number of rotatable bonds is 1. The highest BCUT2D eigenvalue weighted by atomic mass is 35.5. The summed E-state index contributed by atoms with van der Waals surface area (Å²) in [6.45, 7) is 0.463. The molecule has 14 heavy (non-hydrogen) atoms. The van der Waals surface area contributed by atoms with E-state index in [0.29, 0.717) is 22.9 Å². The first-order chi connectivity index (χ1) is 6.74. The third kappa shape index (κ3) is 1.47. The molecule has 2 N–H and O–H groups in total. The molecular weight excluding hydrogens is 202 g/mol. The van der Waals surface area contributed by atoms with Crippen LogP contribution in [0.3, 0.4) is 0 Å². The summed E-state index contributed by atoms with van der Waals surface area (Å²) in [4.78, 5) is 0. The van der Waals surface area contributed by atoms with E-state index in [1.165, 1.54) is 0 Å². The molecule has 2 unspecified atom stereocenters. The van der Waals surface area contributed by atoms with Crippen LogP contribution in [0.2, 0.25) is 5.02 Å². The van der Waals surface area contributed by atoms with E-state index in [0.717, 1.165) is 0 Å². The monoisotopic (exact) mass is 213 g/mol. The second kappa shape index (κ2) is 3.77. The maximum atomic E-state index is 9.98. The summed E-state index contributed by atoms with van der Waals surface area (Å²) < 4.78 is 5.47. The van der Waals surface area contributed by atoms with Crippen LogP contribution >= 0.6 is 11.6 Å². The number of aliphatic hydroxyl groups is 1. The van der Waals surface area contributed by atoms with Crippen LogP contribution in [-0.4, -0.2) is 24.8 Å². The third-order valence-electron chi connectivity index (χ3n) is 2.48. The highest BCUT2D eigenvalue weighted by Crippen LogP contribution is 2.36. The van der Waals surface area contributed by atoms with Gasteiger partial charge in [0.05, 0.1) is 11.1 Å². The van der Waals surface area contributed by atoms with E-state index in [9.17, 15) is 5.11 Å². The number of nitrogens with one attached hydrogen (secondary N) is 1. The van der Waals surface area contributed by atoms with Gasteiger partial charge in [0.25, 0.3) is 0 Å². The highest BCUT2D eigenvalue weighted by molar-refractivity contribution is 6.31. The molecule has 0 bridgehead atoms. The van der Waals surface area contributed by atoms with E-state index >= 15 is 0 Å². The van der Waals surface area contributed by atoms with E-state index in [-0.39, 0.29) is 6.04 Å². The van der Waals surface area contributed by atoms with Crippen LogP contribution in [0.4, 0.5) is 0 Å². The topological polar surface area (TPSA) is 41.5 Å². The molecule has 1 aliphatic heterocycles. The molecule has 3 nitrogen and oxygen atoms in total. The summed E-state index contributed by atoms with van der Waals surface area (Å²) in [5.41, 5.74) is 0.680. The van der Waals surface area contributed by atoms with Crippen molar-refractivity contribution in [2.45, 2.75) is 12.1 Å². The second-order valence-corrected chi connectivity index (χ2v) is 3.71. The van der Waals surface area contributed by atoms with Crippen LogP contribution in [0.25, 0.3) is 0 Å². The van der Waals surface area contributed by atoms with Gasteiger partial charge < -0.3 is 15.2 Å². The normalized spacial score (nSPS) is 25.4. The molecule has 0 radical (unpaired) electrons. The molecule has 0 amide bonds. The lowest BCUT2D eigenvalue weighted by Gasteiger charge is -2.30. The van der Waals surface area contributed by atoms with E-state index in [4.69, 9.17) is 16.3 Å². The fourth-order valence-corrected chi connectivity index (χ4v) is 1.92. The Bertz CT molecular complexity index is 343. The Morgan fingerprint density at radius 3 is 3.07 bits per heavy atom. The summed E-state index contributed by atoms with van der Waals surface area (Å²) in [5, 5.41) is 13.5. The standard InChI is InChI=1S/C10H12ClNO2/c1-12-7-5-14-8-4-2-3-6(11)9(8)10(7)13/h2-4,7,10,12-13H,5H2,1H3. The van der Waals surface area contributed by atoms with Crippen LogP contribution in [0.5, 0.6) is 5.75 Å². The molecule has 0 saturated heterocycles. The molecule has 0 aliphatic carbocycles. The van der Waals surface area contributed by atoms with E-state index in [2.05, 4.69) is 5.32 Å². The van der Waals surface area contributed by atoms with Gasteiger partial charge in [-0.3, -0.25) is 0 Å². The minimum Gasteiger partial charge on any atom is -0.491 e. The van der Waals surface area contributed by atoms with Crippen molar-refractivity contribution in [1.82, 2.24) is 5.32 Å². The average Bonchev–Trinajstić information content (AvgIpc) is 2.18. The Labute approximate surface area is 87.6 Å². The first-order valence-electron chi connectivity index (χ1n) is 4.50. The van der Waals surface area contributed by atoms with Crippen LogP contribution < -0.4 is 10.1 Å². The van der Waals surface area contributed by atoms with Crippen molar-refractivity contribution in [3.05, 3.63) is 28.8 Å². The molecule has 1 aliphatic rings. The molecule has 1 heterocycles. The first-order valence-corrected chi connectivity index (χ1v) is 4.88. The van der Waals surface area contributed by atoms with Crippen molar-refractivity contribution in [3.63, 3.8) is 0 Å². The van der Waals surface area contributed by atoms with Gasteiger partial charge in [-0.15, -0.1) is 0 Å². The van der Waals surface area contributed by atoms with Gasteiger partial charge in [-0.2, -0.15) is 0 Å². The molecule has 1 aromatic rings. The van der Waals surface area contributed by atoms with Gasteiger partial charge >= 0.3 is 0 Å². The van der Waals surface area contributed by atoms with Gasteiger partial charge in [0.2, 0.25) is 0 Å². The Morgan fingerprint density at radius 2 is 2.36 bits per heavy atom. The summed E-state index contributed by atoms with van der Waals surface area (Å²) in [7, 11) is 1.79. The van der Waals surface area contributed by atoms with Gasteiger partial charge in [0, 0.05) is 5.56 Å². The van der Waals surface area contributed by atoms with Crippen molar-refractivity contribution < 1.29 is 9.84 Å². The fraction of sp³-hybridized carbons (Fsp3) is 0.400. The van der Waals surface area contributed by atoms with E-state index in [1.54, 1.807) is 13.1 Å². The van der Waals surface area contributed by atoms with Crippen molar-refractivity contribution in [2.75, 3.05) is 13.7 Å². The number of aliphatic hydroxyl groups excluding tert-OH is 1. The third-order valence-corrected chi connectivity index (χ3v) is 2.81. The zero-order valence-corrected chi connectivity index (χ0v) is 8.58. The van der Waals surface area contributed by atoms with Crippen molar-refractivity contribution in [3.8, 4) is 5.75 Å². The smallest absolute Gasteiger partial charge is 0.126 e. The van der Waals surface area contributed by atoms with Crippen LogP contribution in [0.15, 0.2) is 18.2 Å². The SMILES string of the molecule is CNC1COc2cccc(Cl)c2C1O. The van der Waals surface area contributed by atoms with Gasteiger partial charge in [0.15, 0.2) is 0 Å². The Kier molecular flexibility index (Phi) is 2.63. The lowest BCUT2D eigenvalue weighted by atomic mass is 9.99. The molecule has 0 spiro atoms. The lowest BCUT2D eigenvalue weighted by Crippen LogP contribution is -2.40. The summed E-state index contributed by atoms with van der Waals surface area (Å²) in [5.74, 6) is 0.677. The lowest BCUT2D eigenvalue weighted by molar-refractivity contribution is 0.0775. The maximum absolute atomic E-state index is 9.98. The largest absolute Gasteiger partial charge is 0.491 e. The summed E-state index contributed by atoms with van der Waals surface area (Å²) >= 11 is 5.99. The number of hydrogen-bond acceptors (Lipinski definition) is 3. The van der Waals surface area contributed by atoms with E-state index in [1.807, 2.05) is 12.1 Å². The predicted molar refractivity (Wildman–Crippen MR) is 54.8 cm³/mol. The maximum Gasteiger partial charge on any atom is 0.126 e. The van der Waals surface area contributed by atoms with Crippen molar-refractivity contribution in [2.24, 2.45) is 0 Å². The van der Waals surface area contributed by atoms with Crippen molar-refractivity contribution in [1.29, 1.82) is 0 Å². The second-order valence-electron chi connectivity index (χ2n) is 3.30. The quantitative estimate of drug-likeness (QED) is 0.740. The molecule has 0 fully saturated rings. The molecule has 2 rings (SSSR count). The minimum absolute atomic E-state index is 0.0950. The Balaban J connectivity index is 2.43. The van der Waals surface area contributed by atoms with Crippen molar-refractivity contribution >= 4 is 11.6 Å². The zero-order chi connectivity index (χ0) is 10.1. The first kappa shape index (κ1) is 9.77. The average molecular weight is 214 g/mol. The van der Waals surface area contributed by atoms with Gasteiger partial charge in [-0.05, 0) is 19.2 Å². The summed E-state index contributed by atoms with van der Waals surface area (Å²) in [6, 6.07) is 5.29. The molecule has 1 aromatic carbocycles. The van der Waals surface area contributed by atoms with Crippen LogP contribution in [0, 0.1) is 0 Å². The fourth-order valence-electron chi connectivity index (χ4n) is 1.64. The number of fused-ring (bicyclic) bond motifs is 1. The number of halogens is 1. The Morgan fingerprint density at radius 1 is 1.57 bits per heavy atom. The number of hydrogen-bond donors (Lipinski definition) is 2. The van der Waals surface area contributed by atoms with Gasteiger partial charge in [-0.25, -0.2) is 0 Å². The van der Waals surface area contributed by atoms with Gasteiger partial charge in [0.1, 0.15) is 18.5 Å². The Hall–Kier alpha value is -0.770. The number of benzene rings is 1. The number of ether oxygens (including phenoxy) is 1. The zero-order valence-electron chi connectivity index (χ0n) is 7.83. The highest BCUT2D eigenvalue weighted by Gasteiger charge is 2.29. The van der Waals surface area contributed by atoms with Crippen LogP contribution in [-0.2, 0) is 0 Å². The number of likely N-dealkylation sites (N-methyl/N-ethyl adjacent to an activating group) is 1. The van der Waals surface area contributed by atoms with Gasteiger partial charge in [-0.1, -0.05) is 17.7 Å². The molecule has 0 aromatic heterocycles. The van der Waals surface area contributed by atoms with Crippen LogP contribution in [0.1, 0.15) is 11.7 Å². The van der Waals surface area contributed by atoms with E-state index < -0.39 is 6.10 Å². The summed E-state index contributed by atoms with van der Waals surface area (Å²) in [6.07, 6.45) is -0.600. The molecule has 0 saturated carbocycles. The molecular formula is C10H12ClNO2. The molecule has 2 atom stereocenters. The molecule has 76 valence electrons. The predicted octanol–water partition coefficient (Wildman–Crippen LogP) is 1.35. The molecule has 4 heteroatoms. The minimum atomic E-state index is -0.600.